The number of hydrogen-bond acceptors (Lipinski definition) is 2. The second-order valence-electron chi connectivity index (χ2n) is 6.27. The molecule has 114 valence electrons. The number of fused-ring (bicyclic) bond motifs is 1. The summed E-state index contributed by atoms with van der Waals surface area (Å²) in [4.78, 5) is 2.60. The third-order valence-corrected chi connectivity index (χ3v) is 5.05. The van der Waals surface area contributed by atoms with Gasteiger partial charge in [0.25, 0.3) is 0 Å². The lowest BCUT2D eigenvalue weighted by Gasteiger charge is -2.33. The maximum atomic E-state index is 13.2. The number of nitrogens with zero attached hydrogens (tertiary/aromatic N) is 1. The van der Waals surface area contributed by atoms with Crippen LogP contribution in [-0.2, 0) is 0 Å². The monoisotopic (exact) mass is 296 g/mol. The van der Waals surface area contributed by atoms with Crippen molar-refractivity contribution in [3.05, 3.63) is 71.0 Å². The first-order valence-corrected chi connectivity index (χ1v) is 8.12. The van der Waals surface area contributed by atoms with E-state index in [9.17, 15) is 4.39 Å². The minimum atomic E-state index is -0.159. The van der Waals surface area contributed by atoms with Crippen molar-refractivity contribution in [2.75, 3.05) is 26.2 Å². The van der Waals surface area contributed by atoms with E-state index in [2.05, 4.69) is 34.5 Å². The third-order valence-electron chi connectivity index (χ3n) is 5.05. The fourth-order valence-corrected chi connectivity index (χ4v) is 3.96. The summed E-state index contributed by atoms with van der Waals surface area (Å²) in [6.45, 7) is 4.35. The summed E-state index contributed by atoms with van der Waals surface area (Å²) in [5.41, 5.74) is 4.10. The van der Waals surface area contributed by atoms with Gasteiger partial charge in [0.1, 0.15) is 5.82 Å². The summed E-state index contributed by atoms with van der Waals surface area (Å²) in [6, 6.07) is 16.3. The van der Waals surface area contributed by atoms with Gasteiger partial charge in [0.05, 0.1) is 0 Å². The van der Waals surface area contributed by atoms with Crippen LogP contribution in [-0.4, -0.2) is 31.1 Å². The van der Waals surface area contributed by atoms with Gasteiger partial charge in [0, 0.05) is 38.1 Å². The second kappa shape index (κ2) is 5.82. The first kappa shape index (κ1) is 13.9. The standard InChI is InChI=1S/C19H21FN2/c20-15-7-5-14(6-8-15)18-13-19(22-11-9-21-10-12-22)17-4-2-1-3-16(17)18/h1-8,18-19,21H,9-13H2/t18-,19+/m1/s1. The van der Waals surface area contributed by atoms with Crippen molar-refractivity contribution in [1.29, 1.82) is 0 Å². The van der Waals surface area contributed by atoms with Crippen LogP contribution in [0.15, 0.2) is 48.5 Å². The highest BCUT2D eigenvalue weighted by Crippen LogP contribution is 2.46. The number of rotatable bonds is 2. The molecule has 2 aromatic carbocycles. The SMILES string of the molecule is Fc1ccc([C@H]2C[C@H](N3CCNCC3)c3ccccc32)cc1. The van der Waals surface area contributed by atoms with Gasteiger partial charge in [-0.25, -0.2) is 4.39 Å². The van der Waals surface area contributed by atoms with Crippen LogP contribution in [0.25, 0.3) is 0 Å². The zero-order valence-corrected chi connectivity index (χ0v) is 12.6. The molecule has 0 unspecified atom stereocenters. The van der Waals surface area contributed by atoms with Crippen molar-refractivity contribution < 1.29 is 4.39 Å². The van der Waals surface area contributed by atoms with Gasteiger partial charge in [-0.1, -0.05) is 36.4 Å². The zero-order chi connectivity index (χ0) is 14.9. The Kier molecular flexibility index (Phi) is 3.68. The maximum Gasteiger partial charge on any atom is 0.123 e. The molecule has 0 saturated carbocycles. The minimum absolute atomic E-state index is 0.159. The molecule has 1 aliphatic heterocycles. The van der Waals surface area contributed by atoms with Crippen LogP contribution in [0.4, 0.5) is 4.39 Å². The molecule has 2 aromatic rings. The molecule has 0 bridgehead atoms. The number of nitrogens with one attached hydrogen (secondary N) is 1. The van der Waals surface area contributed by atoms with Gasteiger partial charge in [0.2, 0.25) is 0 Å². The zero-order valence-electron chi connectivity index (χ0n) is 12.6. The average molecular weight is 296 g/mol. The molecule has 1 heterocycles. The van der Waals surface area contributed by atoms with Crippen LogP contribution in [0.1, 0.15) is 35.1 Å². The van der Waals surface area contributed by atoms with E-state index >= 15 is 0 Å². The van der Waals surface area contributed by atoms with Crippen LogP contribution in [0.5, 0.6) is 0 Å². The molecule has 22 heavy (non-hydrogen) atoms. The fourth-order valence-electron chi connectivity index (χ4n) is 3.96. The molecule has 0 radical (unpaired) electrons. The van der Waals surface area contributed by atoms with Crippen molar-refractivity contribution in [3.8, 4) is 0 Å². The Morgan fingerprint density at radius 1 is 0.909 bits per heavy atom. The van der Waals surface area contributed by atoms with Crippen molar-refractivity contribution in [2.45, 2.75) is 18.4 Å². The van der Waals surface area contributed by atoms with E-state index in [0.717, 1.165) is 32.6 Å². The molecule has 4 rings (SSSR count). The third kappa shape index (κ3) is 2.44. The summed E-state index contributed by atoms with van der Waals surface area (Å²) in [6.07, 6.45) is 1.10. The fraction of sp³-hybridized carbons (Fsp3) is 0.368. The van der Waals surface area contributed by atoms with Crippen LogP contribution >= 0.6 is 0 Å². The quantitative estimate of drug-likeness (QED) is 0.914. The van der Waals surface area contributed by atoms with E-state index < -0.39 is 0 Å². The van der Waals surface area contributed by atoms with E-state index in [4.69, 9.17) is 0 Å². The molecular weight excluding hydrogens is 275 g/mol. The Bertz CT molecular complexity index is 647. The first-order valence-electron chi connectivity index (χ1n) is 8.12. The predicted octanol–water partition coefficient (Wildman–Crippen LogP) is 3.31. The molecule has 1 aliphatic carbocycles. The van der Waals surface area contributed by atoms with E-state index in [1.165, 1.54) is 16.7 Å². The summed E-state index contributed by atoms with van der Waals surface area (Å²) < 4.78 is 13.2. The highest BCUT2D eigenvalue weighted by Gasteiger charge is 2.35. The van der Waals surface area contributed by atoms with Crippen LogP contribution in [0, 0.1) is 5.82 Å². The summed E-state index contributed by atoms with van der Waals surface area (Å²) >= 11 is 0. The van der Waals surface area contributed by atoms with Crippen LogP contribution < -0.4 is 5.32 Å². The van der Waals surface area contributed by atoms with E-state index in [1.807, 2.05) is 12.1 Å². The van der Waals surface area contributed by atoms with Crippen molar-refractivity contribution in [1.82, 2.24) is 10.2 Å². The highest BCUT2D eigenvalue weighted by atomic mass is 19.1. The lowest BCUT2D eigenvalue weighted by molar-refractivity contribution is 0.171. The normalized spacial score (nSPS) is 25.1. The lowest BCUT2D eigenvalue weighted by Crippen LogP contribution is -2.44. The predicted molar refractivity (Wildman–Crippen MR) is 86.5 cm³/mol. The second-order valence-corrected chi connectivity index (χ2v) is 6.27. The highest BCUT2D eigenvalue weighted by molar-refractivity contribution is 5.44. The minimum Gasteiger partial charge on any atom is -0.314 e. The van der Waals surface area contributed by atoms with E-state index in [-0.39, 0.29) is 5.82 Å². The molecular formula is C19H21FN2. The molecule has 0 aromatic heterocycles. The Hall–Kier alpha value is -1.71. The molecule has 1 saturated heterocycles. The molecule has 1 fully saturated rings. The number of benzene rings is 2. The van der Waals surface area contributed by atoms with Gasteiger partial charge in [-0.15, -0.1) is 0 Å². The van der Waals surface area contributed by atoms with E-state index in [0.29, 0.717) is 12.0 Å². The van der Waals surface area contributed by atoms with Gasteiger partial charge in [-0.3, -0.25) is 4.90 Å². The Labute approximate surface area is 131 Å². The van der Waals surface area contributed by atoms with Crippen LogP contribution in [0.3, 0.4) is 0 Å². The van der Waals surface area contributed by atoms with Gasteiger partial charge >= 0.3 is 0 Å². The Morgan fingerprint density at radius 3 is 2.32 bits per heavy atom. The topological polar surface area (TPSA) is 15.3 Å². The smallest absolute Gasteiger partial charge is 0.123 e. The lowest BCUT2D eigenvalue weighted by atomic mass is 9.93. The number of piperazine rings is 1. The molecule has 3 heteroatoms. The molecule has 2 atom stereocenters. The molecule has 2 aliphatic rings. The Balaban J connectivity index is 1.68. The maximum absolute atomic E-state index is 13.2. The van der Waals surface area contributed by atoms with Gasteiger partial charge in [0.15, 0.2) is 0 Å². The van der Waals surface area contributed by atoms with E-state index in [1.54, 1.807) is 12.1 Å². The van der Waals surface area contributed by atoms with Gasteiger partial charge < -0.3 is 5.32 Å². The van der Waals surface area contributed by atoms with Crippen molar-refractivity contribution >= 4 is 0 Å². The van der Waals surface area contributed by atoms with Gasteiger partial charge in [-0.05, 0) is 35.2 Å². The largest absolute Gasteiger partial charge is 0.314 e. The first-order chi connectivity index (χ1) is 10.8. The molecule has 0 amide bonds. The number of halogens is 1. The molecule has 1 N–H and O–H groups in total. The van der Waals surface area contributed by atoms with Crippen molar-refractivity contribution in [3.63, 3.8) is 0 Å². The van der Waals surface area contributed by atoms with Gasteiger partial charge in [-0.2, -0.15) is 0 Å². The number of hydrogen-bond donors (Lipinski definition) is 1. The average Bonchev–Trinajstić information content (AvgIpc) is 2.96. The summed E-state index contributed by atoms with van der Waals surface area (Å²) in [7, 11) is 0. The molecule has 0 spiro atoms. The van der Waals surface area contributed by atoms with Crippen LogP contribution in [0.2, 0.25) is 0 Å². The van der Waals surface area contributed by atoms with Crippen molar-refractivity contribution in [2.24, 2.45) is 0 Å². The molecule has 2 nitrogen and oxygen atoms in total. The summed E-state index contributed by atoms with van der Waals surface area (Å²) in [5, 5.41) is 3.43. The Morgan fingerprint density at radius 2 is 1.59 bits per heavy atom. The summed E-state index contributed by atoms with van der Waals surface area (Å²) in [5.74, 6) is 0.227.